The van der Waals surface area contributed by atoms with Crippen LogP contribution >= 0.6 is 0 Å². The number of para-hydroxylation sites is 2. The molecule has 332 valence electrons. The molecule has 10 nitrogen and oxygen atoms in total. The van der Waals surface area contributed by atoms with Crippen LogP contribution in [0.3, 0.4) is 0 Å². The third kappa shape index (κ3) is 20.9. The van der Waals surface area contributed by atoms with Crippen molar-refractivity contribution in [1.29, 1.82) is 0 Å². The smallest absolute Gasteiger partial charge is 0.871 e. The molecule has 0 heterocycles. The van der Waals surface area contributed by atoms with Crippen molar-refractivity contribution in [3.8, 4) is 34.5 Å². The minimum Gasteiger partial charge on any atom is -0.871 e. The molecule has 2 N–H and O–H groups in total. The molecule has 0 atom stereocenters. The normalized spacial score (nSPS) is 11.3. The Morgan fingerprint density at radius 3 is 1.21 bits per heavy atom. The summed E-state index contributed by atoms with van der Waals surface area (Å²) in [6.07, 6.45) is 24.8. The molecule has 0 spiro atoms. The van der Waals surface area contributed by atoms with Gasteiger partial charge in [-0.3, -0.25) is 4.55 Å². The van der Waals surface area contributed by atoms with E-state index in [-0.39, 0.29) is 49.2 Å². The number of hydrogen-bond acceptors (Lipinski definition) is 9. The Morgan fingerprint density at radius 2 is 0.836 bits per heavy atom. The SMILES string of the molecule is CCCCCCCCCCCCc1ccc(Oc2ccccc2)c(S(=O)(=O)O)c1O.CCCCCCCCCCCCc1ccc(Oc2ccccc2)c(S(=O)(=O)[O-])c1[O-].[Ca+2]. The van der Waals surface area contributed by atoms with Crippen LogP contribution in [0.15, 0.2) is 94.7 Å². The molecule has 61 heavy (non-hydrogen) atoms. The average Bonchev–Trinajstić information content (AvgIpc) is 3.21. The van der Waals surface area contributed by atoms with Gasteiger partial charge in [-0.25, -0.2) is 8.42 Å². The number of phenols is 1. The summed E-state index contributed by atoms with van der Waals surface area (Å²) in [5.74, 6) is -0.689. The Bertz CT molecular complexity index is 1880. The molecule has 0 fully saturated rings. The van der Waals surface area contributed by atoms with E-state index in [0.717, 1.165) is 38.5 Å². The molecule has 0 amide bonds. The number of hydrogen-bond donors (Lipinski definition) is 2. The van der Waals surface area contributed by atoms with E-state index in [1.165, 1.54) is 102 Å². The third-order valence-electron chi connectivity index (χ3n) is 10.4. The minimum atomic E-state index is -4.95. The monoisotopic (exact) mass is 906 g/mol. The van der Waals surface area contributed by atoms with E-state index in [9.17, 15) is 36.2 Å². The van der Waals surface area contributed by atoms with E-state index in [1.807, 2.05) is 6.07 Å². The van der Waals surface area contributed by atoms with Gasteiger partial charge < -0.3 is 24.2 Å². The van der Waals surface area contributed by atoms with Crippen molar-refractivity contribution in [1.82, 2.24) is 0 Å². The topological polar surface area (TPSA) is 173 Å². The van der Waals surface area contributed by atoms with Gasteiger partial charge in [-0.1, -0.05) is 189 Å². The van der Waals surface area contributed by atoms with Gasteiger partial charge in [-0.15, -0.1) is 0 Å². The third-order valence-corrected chi connectivity index (χ3v) is 12.2. The van der Waals surface area contributed by atoms with Gasteiger partial charge in [-0.05, 0) is 67.6 Å². The molecule has 0 radical (unpaired) electrons. The number of aryl methyl sites for hydroxylation is 2. The largest absolute Gasteiger partial charge is 2.00 e. The maximum atomic E-state index is 12.7. The second-order valence-corrected chi connectivity index (χ2v) is 18.1. The fourth-order valence-electron chi connectivity index (χ4n) is 7.06. The Kier molecular flexibility index (Phi) is 27.0. The molecule has 0 aromatic heterocycles. The van der Waals surface area contributed by atoms with Gasteiger partial charge in [0.2, 0.25) is 0 Å². The number of phenolic OH excluding ortho intramolecular Hbond substituents is 1. The van der Waals surface area contributed by atoms with Crippen molar-refractivity contribution in [3.63, 3.8) is 0 Å². The number of benzene rings is 4. The average molecular weight is 907 g/mol. The molecule has 0 aliphatic heterocycles. The van der Waals surface area contributed by atoms with E-state index in [4.69, 9.17) is 9.47 Å². The van der Waals surface area contributed by atoms with E-state index < -0.39 is 41.5 Å². The first-order valence-electron chi connectivity index (χ1n) is 21.9. The van der Waals surface area contributed by atoms with Crippen molar-refractivity contribution >= 4 is 58.0 Å². The van der Waals surface area contributed by atoms with Gasteiger partial charge in [0.25, 0.3) is 0 Å². The van der Waals surface area contributed by atoms with Crippen molar-refractivity contribution in [2.24, 2.45) is 0 Å². The quantitative estimate of drug-likeness (QED) is 0.0317. The summed E-state index contributed by atoms with van der Waals surface area (Å²) in [5, 5.41) is 23.2. The number of unbranched alkanes of at least 4 members (excludes halogenated alkanes) is 18. The van der Waals surface area contributed by atoms with Crippen molar-refractivity contribution in [2.75, 3.05) is 0 Å². The maximum Gasteiger partial charge on any atom is 2.00 e. The molecule has 4 aromatic rings. The summed E-state index contributed by atoms with van der Waals surface area (Å²) in [7, 11) is -9.58. The van der Waals surface area contributed by atoms with Gasteiger partial charge >= 0.3 is 47.9 Å². The van der Waals surface area contributed by atoms with E-state index in [1.54, 1.807) is 66.7 Å². The maximum absolute atomic E-state index is 12.7. The summed E-state index contributed by atoms with van der Waals surface area (Å²) in [5.41, 5.74) is 0.854. The number of aromatic hydroxyl groups is 1. The molecule has 13 heteroatoms. The molecule has 4 rings (SSSR count). The van der Waals surface area contributed by atoms with Gasteiger partial charge in [0.1, 0.15) is 33.1 Å². The second kappa shape index (κ2) is 30.3. The zero-order valence-electron chi connectivity index (χ0n) is 36.3. The summed E-state index contributed by atoms with van der Waals surface area (Å²) < 4.78 is 79.6. The van der Waals surface area contributed by atoms with Crippen molar-refractivity contribution < 1.29 is 45.6 Å². The fourth-order valence-corrected chi connectivity index (χ4v) is 8.51. The minimum absolute atomic E-state index is 0. The fraction of sp³-hybridized carbons (Fsp3) is 0.500. The summed E-state index contributed by atoms with van der Waals surface area (Å²) in [4.78, 5) is -1.37. The van der Waals surface area contributed by atoms with Crippen molar-refractivity contribution in [3.05, 3.63) is 96.1 Å². The number of ether oxygens (including phenoxy) is 2. The van der Waals surface area contributed by atoms with Gasteiger partial charge in [0, 0.05) is 0 Å². The predicted molar refractivity (Wildman–Crippen MR) is 242 cm³/mol. The molecular formula is C48H66CaO10S2. The molecule has 0 saturated carbocycles. The van der Waals surface area contributed by atoms with Gasteiger partial charge in [0.15, 0.2) is 10.6 Å². The Hall–Kier alpha value is -2.84. The number of rotatable bonds is 28. The Morgan fingerprint density at radius 1 is 0.492 bits per heavy atom. The molecule has 0 aliphatic carbocycles. The summed E-state index contributed by atoms with van der Waals surface area (Å²) in [6, 6.07) is 23.3. The first-order valence-corrected chi connectivity index (χ1v) is 24.8. The van der Waals surface area contributed by atoms with Gasteiger partial charge in [0.05, 0.1) is 4.90 Å². The summed E-state index contributed by atoms with van der Waals surface area (Å²) in [6.45, 7) is 4.44. The standard InChI is InChI=1S/2C24H34O5S.Ca/c2*1-2-3-4-5-6-7-8-9-10-12-15-20-18-19-22(24(23(20)25)30(26,27)28)29-21-16-13-11-14-17-21;/h2*11,13-14,16-19,25H,2-10,12,15H2,1H3,(H,26,27,28);/q;;+2/p-2. The van der Waals surface area contributed by atoms with Crippen LogP contribution in [0.25, 0.3) is 0 Å². The zero-order valence-corrected chi connectivity index (χ0v) is 40.2. The molecule has 4 aromatic carbocycles. The first kappa shape index (κ1) is 54.3. The van der Waals surface area contributed by atoms with Crippen LogP contribution in [0.1, 0.15) is 153 Å². The van der Waals surface area contributed by atoms with Crippen LogP contribution < -0.4 is 14.6 Å². The summed E-state index contributed by atoms with van der Waals surface area (Å²) >= 11 is 0. The Balaban J connectivity index is 0.000000413. The van der Waals surface area contributed by atoms with Crippen LogP contribution in [0.2, 0.25) is 0 Å². The van der Waals surface area contributed by atoms with Crippen LogP contribution in [0, 0.1) is 0 Å². The first-order chi connectivity index (χ1) is 28.9. The van der Waals surface area contributed by atoms with E-state index in [2.05, 4.69) is 13.8 Å². The molecule has 0 saturated heterocycles. The van der Waals surface area contributed by atoms with Crippen LogP contribution in [0.5, 0.6) is 34.5 Å². The van der Waals surface area contributed by atoms with Crippen LogP contribution in [-0.2, 0) is 33.1 Å². The van der Waals surface area contributed by atoms with Gasteiger partial charge in [-0.2, -0.15) is 8.42 Å². The van der Waals surface area contributed by atoms with Crippen LogP contribution in [0.4, 0.5) is 0 Å². The molecule has 0 bridgehead atoms. The molecule has 0 unspecified atom stereocenters. The molecule has 0 aliphatic rings. The molecular weight excluding hydrogens is 841 g/mol. The van der Waals surface area contributed by atoms with E-state index in [0.29, 0.717) is 35.5 Å². The zero-order chi connectivity index (χ0) is 43.6. The van der Waals surface area contributed by atoms with E-state index >= 15 is 0 Å². The van der Waals surface area contributed by atoms with Crippen molar-refractivity contribution in [2.45, 2.75) is 165 Å². The van der Waals surface area contributed by atoms with Crippen LogP contribution in [-0.4, -0.2) is 68.8 Å². The Labute approximate surface area is 396 Å². The second-order valence-electron chi connectivity index (χ2n) is 15.4. The predicted octanol–water partition coefficient (Wildman–Crippen LogP) is 12.4.